The van der Waals surface area contributed by atoms with Crippen molar-refractivity contribution in [1.82, 2.24) is 4.98 Å². The van der Waals surface area contributed by atoms with Crippen LogP contribution in [0.1, 0.15) is 54.6 Å². The lowest BCUT2D eigenvalue weighted by molar-refractivity contribution is 0.102. The fourth-order valence-corrected chi connectivity index (χ4v) is 3.62. The zero-order chi connectivity index (χ0) is 22.0. The lowest BCUT2D eigenvalue weighted by Gasteiger charge is -2.09. The largest absolute Gasteiger partial charge is 0.436 e. The summed E-state index contributed by atoms with van der Waals surface area (Å²) in [5.41, 5.74) is 5.84. The quantitative estimate of drug-likeness (QED) is 0.343. The highest BCUT2D eigenvalue weighted by Crippen LogP contribution is 2.32. The van der Waals surface area contributed by atoms with Crippen molar-refractivity contribution in [3.63, 3.8) is 0 Å². The van der Waals surface area contributed by atoms with Gasteiger partial charge in [0.25, 0.3) is 5.91 Å². The summed E-state index contributed by atoms with van der Waals surface area (Å²) in [6.45, 7) is 6.45. The molecule has 1 aromatic heterocycles. The van der Waals surface area contributed by atoms with E-state index in [4.69, 9.17) is 16.0 Å². The van der Waals surface area contributed by atoms with Gasteiger partial charge in [0.2, 0.25) is 5.89 Å². The van der Waals surface area contributed by atoms with Crippen LogP contribution in [0.4, 0.5) is 5.69 Å². The molecule has 0 fully saturated rings. The van der Waals surface area contributed by atoms with Crippen molar-refractivity contribution in [2.24, 2.45) is 0 Å². The highest BCUT2D eigenvalue weighted by molar-refractivity contribution is 6.34. The van der Waals surface area contributed by atoms with E-state index in [0.717, 1.165) is 29.5 Å². The van der Waals surface area contributed by atoms with E-state index >= 15 is 0 Å². The zero-order valence-corrected chi connectivity index (χ0v) is 18.7. The van der Waals surface area contributed by atoms with Gasteiger partial charge in [-0.05, 0) is 72.4 Å². The van der Waals surface area contributed by atoms with E-state index in [1.165, 1.54) is 11.1 Å². The molecule has 0 aliphatic heterocycles. The number of halogens is 1. The van der Waals surface area contributed by atoms with E-state index in [1.54, 1.807) is 12.1 Å². The van der Waals surface area contributed by atoms with Gasteiger partial charge in [-0.2, -0.15) is 0 Å². The Bertz CT molecular complexity index is 1230. The number of hydrogen-bond donors (Lipinski definition) is 1. The Hall–Kier alpha value is -3.11. The second kappa shape index (κ2) is 8.94. The third-order valence-electron chi connectivity index (χ3n) is 5.68. The van der Waals surface area contributed by atoms with E-state index in [2.05, 4.69) is 43.2 Å². The Morgan fingerprint density at radius 2 is 1.84 bits per heavy atom. The molecule has 0 saturated heterocycles. The molecule has 0 bridgehead atoms. The Morgan fingerprint density at radius 1 is 1.06 bits per heavy atom. The SMILES string of the molecule is CCc1ccc(C(=O)Nc2cc(-c3nc4cc([C@H](C)CC)ccc4o3)ccc2Cl)cc1. The summed E-state index contributed by atoms with van der Waals surface area (Å²) in [5, 5.41) is 3.36. The van der Waals surface area contributed by atoms with E-state index in [-0.39, 0.29) is 5.91 Å². The van der Waals surface area contributed by atoms with Gasteiger partial charge in [0, 0.05) is 11.1 Å². The first-order valence-corrected chi connectivity index (χ1v) is 11.0. The topological polar surface area (TPSA) is 55.1 Å². The number of fused-ring (bicyclic) bond motifs is 1. The molecular weight excluding hydrogens is 408 g/mol. The smallest absolute Gasteiger partial charge is 0.255 e. The van der Waals surface area contributed by atoms with Gasteiger partial charge in [-0.3, -0.25) is 4.79 Å². The van der Waals surface area contributed by atoms with Gasteiger partial charge in [0.15, 0.2) is 5.58 Å². The molecule has 0 aliphatic rings. The van der Waals surface area contributed by atoms with Crippen molar-refractivity contribution in [3.05, 3.63) is 82.4 Å². The number of nitrogens with zero attached hydrogens (tertiary/aromatic N) is 1. The minimum absolute atomic E-state index is 0.211. The van der Waals surface area contributed by atoms with Crippen LogP contribution in [0.25, 0.3) is 22.6 Å². The number of benzene rings is 3. The number of aryl methyl sites for hydroxylation is 1. The van der Waals surface area contributed by atoms with Gasteiger partial charge in [-0.25, -0.2) is 4.98 Å². The van der Waals surface area contributed by atoms with Crippen molar-refractivity contribution >= 4 is 34.3 Å². The van der Waals surface area contributed by atoms with Gasteiger partial charge < -0.3 is 9.73 Å². The molecule has 1 N–H and O–H groups in total. The third-order valence-corrected chi connectivity index (χ3v) is 6.01. The number of hydrogen-bond acceptors (Lipinski definition) is 3. The Balaban J connectivity index is 1.61. The van der Waals surface area contributed by atoms with Crippen molar-refractivity contribution in [2.45, 2.75) is 39.5 Å². The predicted molar refractivity (Wildman–Crippen MR) is 127 cm³/mol. The van der Waals surface area contributed by atoms with Crippen LogP contribution in [-0.4, -0.2) is 10.9 Å². The molecule has 31 heavy (non-hydrogen) atoms. The first-order chi connectivity index (χ1) is 15.0. The van der Waals surface area contributed by atoms with Gasteiger partial charge in [0.1, 0.15) is 5.52 Å². The number of anilines is 1. The Labute approximate surface area is 187 Å². The maximum Gasteiger partial charge on any atom is 0.255 e. The second-order valence-corrected chi connectivity index (χ2v) is 8.16. The summed E-state index contributed by atoms with van der Waals surface area (Å²) in [4.78, 5) is 17.3. The molecule has 5 heteroatoms. The fraction of sp³-hybridized carbons (Fsp3) is 0.231. The summed E-state index contributed by atoms with van der Waals surface area (Å²) in [6, 6.07) is 19.1. The Morgan fingerprint density at radius 3 is 2.55 bits per heavy atom. The molecular formula is C26H25ClN2O2. The number of amides is 1. The maximum atomic E-state index is 12.7. The Kier molecular flexibility index (Phi) is 6.10. The summed E-state index contributed by atoms with van der Waals surface area (Å²) in [6.07, 6.45) is 2.00. The molecule has 1 atom stereocenters. The molecule has 1 amide bonds. The number of nitrogens with one attached hydrogen (secondary N) is 1. The second-order valence-electron chi connectivity index (χ2n) is 7.75. The standard InChI is InChI=1S/C26H25ClN2O2/c1-4-16(3)19-11-13-24-23(14-19)29-26(31-24)20-10-12-21(27)22(15-20)28-25(30)18-8-6-17(5-2)7-9-18/h6-16H,4-5H2,1-3H3,(H,28,30)/t16-/m1/s1. The van der Waals surface area contributed by atoms with Crippen LogP contribution >= 0.6 is 11.6 Å². The summed E-state index contributed by atoms with van der Waals surface area (Å²) in [7, 11) is 0. The summed E-state index contributed by atoms with van der Waals surface area (Å²) in [5.74, 6) is 0.751. The lowest BCUT2D eigenvalue weighted by Crippen LogP contribution is -2.12. The van der Waals surface area contributed by atoms with Crippen LogP contribution in [0.3, 0.4) is 0 Å². The van der Waals surface area contributed by atoms with Gasteiger partial charge in [-0.15, -0.1) is 0 Å². The molecule has 0 spiro atoms. The molecule has 3 aromatic carbocycles. The highest BCUT2D eigenvalue weighted by Gasteiger charge is 2.14. The number of aromatic nitrogens is 1. The third kappa shape index (κ3) is 4.49. The average Bonchev–Trinajstić information content (AvgIpc) is 3.23. The fourth-order valence-electron chi connectivity index (χ4n) is 3.45. The monoisotopic (exact) mass is 432 g/mol. The van der Waals surface area contributed by atoms with E-state index in [0.29, 0.717) is 28.1 Å². The minimum atomic E-state index is -0.211. The van der Waals surface area contributed by atoms with E-state index in [1.807, 2.05) is 36.4 Å². The molecule has 0 unspecified atom stereocenters. The summed E-state index contributed by atoms with van der Waals surface area (Å²) < 4.78 is 5.97. The van der Waals surface area contributed by atoms with Crippen LogP contribution in [-0.2, 0) is 6.42 Å². The van der Waals surface area contributed by atoms with Crippen LogP contribution < -0.4 is 5.32 Å². The van der Waals surface area contributed by atoms with Gasteiger partial charge in [0.05, 0.1) is 10.7 Å². The van der Waals surface area contributed by atoms with Crippen molar-refractivity contribution in [3.8, 4) is 11.5 Å². The summed E-state index contributed by atoms with van der Waals surface area (Å²) >= 11 is 6.35. The number of carbonyl (C=O) groups excluding carboxylic acids is 1. The average molecular weight is 433 g/mol. The molecule has 158 valence electrons. The molecule has 0 aliphatic carbocycles. The first-order valence-electron chi connectivity index (χ1n) is 10.6. The molecule has 1 heterocycles. The highest BCUT2D eigenvalue weighted by atomic mass is 35.5. The molecule has 4 nitrogen and oxygen atoms in total. The van der Waals surface area contributed by atoms with Gasteiger partial charge >= 0.3 is 0 Å². The van der Waals surface area contributed by atoms with Crippen molar-refractivity contribution < 1.29 is 9.21 Å². The molecule has 4 aromatic rings. The zero-order valence-electron chi connectivity index (χ0n) is 17.9. The molecule has 0 saturated carbocycles. The predicted octanol–water partition coefficient (Wildman–Crippen LogP) is 7.48. The number of oxazole rings is 1. The maximum absolute atomic E-state index is 12.7. The number of rotatable bonds is 6. The molecule has 0 radical (unpaired) electrons. The van der Waals surface area contributed by atoms with Crippen LogP contribution in [0, 0.1) is 0 Å². The van der Waals surface area contributed by atoms with E-state index < -0.39 is 0 Å². The number of carbonyl (C=O) groups is 1. The normalized spacial score (nSPS) is 12.1. The van der Waals surface area contributed by atoms with Crippen LogP contribution in [0.5, 0.6) is 0 Å². The first kappa shape index (κ1) is 21.1. The van der Waals surface area contributed by atoms with E-state index in [9.17, 15) is 4.79 Å². The molecule has 4 rings (SSSR count). The minimum Gasteiger partial charge on any atom is -0.436 e. The lowest BCUT2D eigenvalue weighted by atomic mass is 9.98. The van der Waals surface area contributed by atoms with Crippen molar-refractivity contribution in [1.29, 1.82) is 0 Å². The van der Waals surface area contributed by atoms with Crippen LogP contribution in [0.2, 0.25) is 5.02 Å². The van der Waals surface area contributed by atoms with Gasteiger partial charge in [-0.1, -0.05) is 50.6 Å². The van der Waals surface area contributed by atoms with Crippen molar-refractivity contribution in [2.75, 3.05) is 5.32 Å². The van der Waals surface area contributed by atoms with Crippen LogP contribution in [0.15, 0.2) is 65.1 Å².